The Morgan fingerprint density at radius 3 is 2.93 bits per heavy atom. The largest absolute Gasteiger partial charge is 0.465 e. The third-order valence-corrected chi connectivity index (χ3v) is 2.86. The van der Waals surface area contributed by atoms with E-state index in [9.17, 15) is 4.79 Å². The summed E-state index contributed by atoms with van der Waals surface area (Å²) in [5.41, 5.74) is 0. The van der Waals surface area contributed by atoms with Gasteiger partial charge in [-0.2, -0.15) is 0 Å². The number of nitrogens with zero attached hydrogens (tertiary/aromatic N) is 1. The Labute approximate surface area is 91.9 Å². The van der Waals surface area contributed by atoms with Crippen LogP contribution in [0.2, 0.25) is 0 Å². The van der Waals surface area contributed by atoms with Crippen LogP contribution in [0.25, 0.3) is 0 Å². The molecule has 3 nitrogen and oxygen atoms in total. The molecule has 5 heteroatoms. The zero-order valence-corrected chi connectivity index (χ0v) is 9.38. The summed E-state index contributed by atoms with van der Waals surface area (Å²) in [5, 5.41) is 11.5. The van der Waals surface area contributed by atoms with Crippen molar-refractivity contribution in [3.63, 3.8) is 0 Å². The molecule has 0 radical (unpaired) electrons. The van der Waals surface area contributed by atoms with E-state index < -0.39 is 6.09 Å². The molecule has 0 spiro atoms. The lowest BCUT2D eigenvalue weighted by molar-refractivity contribution is 0.202. The van der Waals surface area contributed by atoms with E-state index in [1.165, 1.54) is 16.2 Å². The molecule has 1 rings (SSSR count). The molecule has 1 heterocycles. The summed E-state index contributed by atoms with van der Waals surface area (Å²) in [6.45, 7) is 2.30. The predicted molar refractivity (Wildman–Crippen MR) is 59.6 cm³/mol. The molecule has 0 aliphatic carbocycles. The van der Waals surface area contributed by atoms with Crippen molar-refractivity contribution in [1.82, 2.24) is 0 Å². The maximum atomic E-state index is 10.9. The van der Waals surface area contributed by atoms with E-state index in [0.29, 0.717) is 13.0 Å². The van der Waals surface area contributed by atoms with Crippen molar-refractivity contribution in [2.45, 2.75) is 18.7 Å². The summed E-state index contributed by atoms with van der Waals surface area (Å²) in [6, 6.07) is 3.62. The Morgan fingerprint density at radius 2 is 2.50 bits per heavy atom. The summed E-state index contributed by atoms with van der Waals surface area (Å²) in [7, 11) is 0. The number of alkyl halides is 1. The van der Waals surface area contributed by atoms with Gasteiger partial charge >= 0.3 is 6.09 Å². The Bertz CT molecular complexity index is 287. The fraction of sp³-hybridized carbons (Fsp3) is 0.444. The van der Waals surface area contributed by atoms with Crippen molar-refractivity contribution >= 4 is 34.0 Å². The maximum absolute atomic E-state index is 10.9. The fourth-order valence-electron chi connectivity index (χ4n) is 1.03. The van der Waals surface area contributed by atoms with Gasteiger partial charge in [-0.15, -0.1) is 22.9 Å². The molecule has 1 unspecified atom stereocenters. The third kappa shape index (κ3) is 3.20. The van der Waals surface area contributed by atoms with E-state index in [1.54, 1.807) is 6.07 Å². The normalized spacial score (nSPS) is 12.4. The van der Waals surface area contributed by atoms with Crippen LogP contribution in [0.4, 0.5) is 9.80 Å². The molecule has 14 heavy (non-hydrogen) atoms. The number of anilines is 1. The number of halogens is 1. The Balaban J connectivity index is 2.61. The molecule has 0 saturated carbocycles. The third-order valence-electron chi connectivity index (χ3n) is 1.75. The van der Waals surface area contributed by atoms with Crippen LogP contribution < -0.4 is 4.90 Å². The molecule has 0 fully saturated rings. The van der Waals surface area contributed by atoms with Crippen LogP contribution in [-0.2, 0) is 0 Å². The van der Waals surface area contributed by atoms with Gasteiger partial charge in [0.15, 0.2) is 0 Å². The van der Waals surface area contributed by atoms with Gasteiger partial charge in [0.05, 0.1) is 0 Å². The lowest BCUT2D eigenvalue weighted by Crippen LogP contribution is -2.30. The average molecular weight is 234 g/mol. The van der Waals surface area contributed by atoms with Crippen molar-refractivity contribution in [2.24, 2.45) is 0 Å². The number of amides is 1. The van der Waals surface area contributed by atoms with Gasteiger partial charge in [-0.05, 0) is 30.9 Å². The van der Waals surface area contributed by atoms with E-state index in [4.69, 9.17) is 16.7 Å². The first-order valence-electron chi connectivity index (χ1n) is 4.29. The van der Waals surface area contributed by atoms with Crippen molar-refractivity contribution in [1.29, 1.82) is 0 Å². The number of carboxylic acid groups (broad SMARTS) is 1. The Hall–Kier alpha value is -0.740. The topological polar surface area (TPSA) is 40.5 Å². The van der Waals surface area contributed by atoms with Gasteiger partial charge in [0.1, 0.15) is 5.00 Å². The SMILES string of the molecule is CC(Cl)CCN(C(=O)O)c1cccs1. The minimum absolute atomic E-state index is 0.00295. The lowest BCUT2D eigenvalue weighted by atomic mass is 10.3. The molecule has 1 aromatic heterocycles. The van der Waals surface area contributed by atoms with Crippen molar-refractivity contribution in [3.05, 3.63) is 17.5 Å². The Kier molecular flexibility index (Phi) is 4.22. The molecule has 0 aliphatic heterocycles. The minimum atomic E-state index is -0.926. The second-order valence-corrected chi connectivity index (χ2v) is 4.63. The molecule has 0 bridgehead atoms. The van der Waals surface area contributed by atoms with Gasteiger partial charge in [-0.1, -0.05) is 0 Å². The predicted octanol–water partition coefficient (Wildman–Crippen LogP) is 3.25. The van der Waals surface area contributed by atoms with Crippen LogP contribution in [0, 0.1) is 0 Å². The molecule has 78 valence electrons. The zero-order valence-electron chi connectivity index (χ0n) is 7.81. The van der Waals surface area contributed by atoms with Crippen LogP contribution in [-0.4, -0.2) is 23.1 Å². The van der Waals surface area contributed by atoms with E-state index in [2.05, 4.69) is 0 Å². The summed E-state index contributed by atoms with van der Waals surface area (Å²) in [5.74, 6) is 0. The van der Waals surface area contributed by atoms with Gasteiger partial charge in [0.2, 0.25) is 0 Å². The number of thiophene rings is 1. The van der Waals surface area contributed by atoms with Crippen molar-refractivity contribution < 1.29 is 9.90 Å². The van der Waals surface area contributed by atoms with Gasteiger partial charge < -0.3 is 5.11 Å². The monoisotopic (exact) mass is 233 g/mol. The summed E-state index contributed by atoms with van der Waals surface area (Å²) >= 11 is 7.18. The van der Waals surface area contributed by atoms with Crippen molar-refractivity contribution in [2.75, 3.05) is 11.4 Å². The number of rotatable bonds is 4. The highest BCUT2D eigenvalue weighted by Gasteiger charge is 2.15. The minimum Gasteiger partial charge on any atom is -0.465 e. The van der Waals surface area contributed by atoms with Gasteiger partial charge in [-0.3, -0.25) is 4.90 Å². The standard InChI is InChI=1S/C9H12ClNO2S/c1-7(10)4-5-11(9(12)13)8-3-2-6-14-8/h2-3,6-7H,4-5H2,1H3,(H,12,13). The fourth-order valence-corrected chi connectivity index (χ4v) is 1.88. The second-order valence-electron chi connectivity index (χ2n) is 2.95. The van der Waals surface area contributed by atoms with E-state index in [0.717, 1.165) is 5.00 Å². The van der Waals surface area contributed by atoms with E-state index in [-0.39, 0.29) is 5.38 Å². The molecule has 0 aromatic carbocycles. The van der Waals surface area contributed by atoms with Crippen LogP contribution in [0.5, 0.6) is 0 Å². The molecular formula is C9H12ClNO2S. The molecule has 1 N–H and O–H groups in total. The first-order chi connectivity index (χ1) is 6.61. The summed E-state index contributed by atoms with van der Waals surface area (Å²) in [4.78, 5) is 12.2. The number of carbonyl (C=O) groups is 1. The highest BCUT2D eigenvalue weighted by Crippen LogP contribution is 2.22. The molecule has 0 aliphatic rings. The molecule has 1 amide bonds. The number of hydrogen-bond donors (Lipinski definition) is 1. The average Bonchev–Trinajstić information content (AvgIpc) is 2.56. The van der Waals surface area contributed by atoms with Crippen LogP contribution in [0.3, 0.4) is 0 Å². The van der Waals surface area contributed by atoms with Gasteiger partial charge in [0.25, 0.3) is 0 Å². The highest BCUT2D eigenvalue weighted by atomic mass is 35.5. The Morgan fingerprint density at radius 1 is 1.79 bits per heavy atom. The maximum Gasteiger partial charge on any atom is 0.412 e. The summed E-state index contributed by atoms with van der Waals surface area (Å²) in [6.07, 6.45) is -0.268. The van der Waals surface area contributed by atoms with Crippen molar-refractivity contribution in [3.8, 4) is 0 Å². The van der Waals surface area contributed by atoms with E-state index in [1.807, 2.05) is 18.4 Å². The molecule has 1 atom stereocenters. The van der Waals surface area contributed by atoms with E-state index >= 15 is 0 Å². The second kappa shape index (κ2) is 5.22. The number of hydrogen-bond acceptors (Lipinski definition) is 2. The quantitative estimate of drug-likeness (QED) is 0.811. The highest BCUT2D eigenvalue weighted by molar-refractivity contribution is 7.14. The van der Waals surface area contributed by atoms with Crippen LogP contribution in [0.15, 0.2) is 17.5 Å². The smallest absolute Gasteiger partial charge is 0.412 e. The van der Waals surface area contributed by atoms with Crippen LogP contribution in [0.1, 0.15) is 13.3 Å². The summed E-state index contributed by atoms with van der Waals surface area (Å²) < 4.78 is 0. The zero-order chi connectivity index (χ0) is 10.6. The first kappa shape index (κ1) is 11.3. The molecule has 0 saturated heterocycles. The lowest BCUT2D eigenvalue weighted by Gasteiger charge is -2.17. The molecular weight excluding hydrogens is 222 g/mol. The molecule has 1 aromatic rings. The first-order valence-corrected chi connectivity index (χ1v) is 5.61. The van der Waals surface area contributed by atoms with Gasteiger partial charge in [-0.25, -0.2) is 4.79 Å². The van der Waals surface area contributed by atoms with Gasteiger partial charge in [0, 0.05) is 11.9 Å². The van der Waals surface area contributed by atoms with Crippen LogP contribution >= 0.6 is 22.9 Å².